The van der Waals surface area contributed by atoms with E-state index in [2.05, 4.69) is 5.32 Å². The van der Waals surface area contributed by atoms with Crippen LogP contribution in [0.15, 0.2) is 41.3 Å². The van der Waals surface area contributed by atoms with Gasteiger partial charge in [0.2, 0.25) is 15.9 Å². The molecule has 0 bridgehead atoms. The molecule has 0 spiro atoms. The normalized spacial score (nSPS) is 15.7. The second-order valence-electron chi connectivity index (χ2n) is 6.79. The summed E-state index contributed by atoms with van der Waals surface area (Å²) in [7, 11) is -3.89. The maximum atomic E-state index is 13.8. The number of sulfonamides is 1. The van der Waals surface area contributed by atoms with Crippen LogP contribution in [0.3, 0.4) is 0 Å². The molecule has 162 valence electrons. The Kier molecular flexibility index (Phi) is 6.95. The summed E-state index contributed by atoms with van der Waals surface area (Å²) in [4.78, 5) is 12.4. The zero-order chi connectivity index (χ0) is 21.9. The number of nitrogens with one attached hydrogen (secondary N) is 1. The summed E-state index contributed by atoms with van der Waals surface area (Å²) in [6.45, 7) is 2.20. The van der Waals surface area contributed by atoms with Crippen molar-refractivity contribution in [3.63, 3.8) is 0 Å². The highest BCUT2D eigenvalue weighted by Gasteiger charge is 2.34. The van der Waals surface area contributed by atoms with Crippen molar-refractivity contribution in [3.8, 4) is 5.75 Å². The maximum absolute atomic E-state index is 13.8. The smallest absolute Gasteiger partial charge is 0.246 e. The summed E-state index contributed by atoms with van der Waals surface area (Å²) >= 11 is 5.98. The minimum absolute atomic E-state index is 0.0341. The minimum atomic E-state index is -3.89. The first-order chi connectivity index (χ1) is 14.2. The molecule has 1 saturated heterocycles. The van der Waals surface area contributed by atoms with E-state index < -0.39 is 39.2 Å². The highest BCUT2D eigenvalue weighted by atomic mass is 35.5. The molecule has 1 amide bonds. The predicted molar refractivity (Wildman–Crippen MR) is 109 cm³/mol. The van der Waals surface area contributed by atoms with Crippen molar-refractivity contribution in [3.05, 3.63) is 53.1 Å². The van der Waals surface area contributed by atoms with Gasteiger partial charge in [0.05, 0.1) is 6.61 Å². The van der Waals surface area contributed by atoms with Gasteiger partial charge in [-0.2, -0.15) is 4.31 Å². The summed E-state index contributed by atoms with van der Waals surface area (Å²) in [6, 6.07) is 7.69. The van der Waals surface area contributed by atoms with E-state index in [0.29, 0.717) is 6.61 Å². The Morgan fingerprint density at radius 1 is 1.20 bits per heavy atom. The first-order valence-corrected chi connectivity index (χ1v) is 11.2. The van der Waals surface area contributed by atoms with E-state index in [1.54, 1.807) is 13.0 Å². The number of rotatable bonds is 6. The Morgan fingerprint density at radius 2 is 1.83 bits per heavy atom. The monoisotopic (exact) mass is 458 g/mol. The molecule has 1 aliphatic rings. The molecule has 0 atom stereocenters. The molecule has 0 aliphatic carbocycles. The first-order valence-electron chi connectivity index (χ1n) is 9.41. The highest BCUT2D eigenvalue weighted by Crippen LogP contribution is 2.32. The molecule has 10 heteroatoms. The highest BCUT2D eigenvalue weighted by molar-refractivity contribution is 7.89. The topological polar surface area (TPSA) is 75.7 Å². The van der Waals surface area contributed by atoms with Crippen molar-refractivity contribution in [1.82, 2.24) is 4.31 Å². The zero-order valence-corrected chi connectivity index (χ0v) is 17.8. The Balaban J connectivity index is 1.71. The molecule has 1 fully saturated rings. The summed E-state index contributed by atoms with van der Waals surface area (Å²) in [5.41, 5.74) is -0.502. The zero-order valence-electron chi connectivity index (χ0n) is 16.2. The average Bonchev–Trinajstić information content (AvgIpc) is 2.72. The van der Waals surface area contributed by atoms with Crippen molar-refractivity contribution in [1.29, 1.82) is 0 Å². The van der Waals surface area contributed by atoms with Crippen molar-refractivity contribution in [2.75, 3.05) is 25.0 Å². The largest absolute Gasteiger partial charge is 0.492 e. The molecule has 0 radical (unpaired) electrons. The van der Waals surface area contributed by atoms with Gasteiger partial charge in [0, 0.05) is 24.0 Å². The van der Waals surface area contributed by atoms with Gasteiger partial charge in [-0.15, -0.1) is 0 Å². The Bertz CT molecular complexity index is 1020. The molecule has 2 aromatic rings. The molecule has 30 heavy (non-hydrogen) atoms. The lowest BCUT2D eigenvalue weighted by molar-refractivity contribution is -0.121. The third-order valence-electron chi connectivity index (χ3n) is 4.86. The van der Waals surface area contributed by atoms with Crippen molar-refractivity contribution in [2.45, 2.75) is 24.7 Å². The van der Waals surface area contributed by atoms with Crippen LogP contribution in [-0.2, 0) is 14.8 Å². The lowest BCUT2D eigenvalue weighted by atomic mass is 9.97. The van der Waals surface area contributed by atoms with Crippen LogP contribution >= 0.6 is 11.6 Å². The number of hydrogen-bond acceptors (Lipinski definition) is 4. The van der Waals surface area contributed by atoms with Crippen molar-refractivity contribution >= 4 is 33.2 Å². The quantitative estimate of drug-likeness (QED) is 0.708. The standard InChI is InChI=1S/C20H21ClF2N2O4S/c1-2-29-17-7-6-14(21)12-18(17)30(27,28)25-10-8-13(9-11-25)20(26)24-19-15(22)4-3-5-16(19)23/h3-7,12-13H,2,8-11H2,1H3,(H,24,26). The molecule has 1 heterocycles. The van der Waals surface area contributed by atoms with Gasteiger partial charge in [-0.25, -0.2) is 17.2 Å². The molecule has 0 saturated carbocycles. The number of nitrogens with zero attached hydrogens (tertiary/aromatic N) is 1. The molecule has 1 N–H and O–H groups in total. The third kappa shape index (κ3) is 4.74. The van der Waals surface area contributed by atoms with E-state index in [9.17, 15) is 22.0 Å². The van der Waals surface area contributed by atoms with Gasteiger partial charge in [-0.1, -0.05) is 17.7 Å². The van der Waals surface area contributed by atoms with Crippen LogP contribution in [0, 0.1) is 17.6 Å². The fourth-order valence-corrected chi connectivity index (χ4v) is 5.16. The minimum Gasteiger partial charge on any atom is -0.492 e. The molecule has 0 aromatic heterocycles. The van der Waals surface area contributed by atoms with Crippen LogP contribution in [0.5, 0.6) is 5.75 Å². The van der Waals surface area contributed by atoms with Gasteiger partial charge in [0.1, 0.15) is 28.0 Å². The molecule has 0 unspecified atom stereocenters. The fourth-order valence-electron chi connectivity index (χ4n) is 3.30. The maximum Gasteiger partial charge on any atom is 0.246 e. The number of amides is 1. The van der Waals surface area contributed by atoms with E-state index >= 15 is 0 Å². The third-order valence-corrected chi connectivity index (χ3v) is 7.01. The number of carbonyl (C=O) groups is 1. The number of carbonyl (C=O) groups excluding carboxylic acids is 1. The van der Waals surface area contributed by atoms with Crippen LogP contribution in [0.1, 0.15) is 19.8 Å². The Hall–Kier alpha value is -2.23. The van der Waals surface area contributed by atoms with Gasteiger partial charge in [-0.05, 0) is 50.1 Å². The second-order valence-corrected chi connectivity index (χ2v) is 9.13. The molecular formula is C20H21ClF2N2O4S. The number of anilines is 1. The summed E-state index contributed by atoms with van der Waals surface area (Å²) in [5, 5.41) is 2.53. The number of halogens is 3. The van der Waals surface area contributed by atoms with Crippen LogP contribution in [-0.4, -0.2) is 38.3 Å². The molecule has 1 aliphatic heterocycles. The summed E-state index contributed by atoms with van der Waals surface area (Å²) in [6.07, 6.45) is 0.428. The molecule has 6 nitrogen and oxygen atoms in total. The van der Waals surface area contributed by atoms with Crippen molar-refractivity contribution < 1.29 is 26.7 Å². The molecule has 2 aromatic carbocycles. The van der Waals surface area contributed by atoms with E-state index in [-0.39, 0.29) is 41.6 Å². The second kappa shape index (κ2) is 9.28. The number of benzene rings is 2. The van der Waals surface area contributed by atoms with Crippen molar-refractivity contribution in [2.24, 2.45) is 5.92 Å². The predicted octanol–water partition coefficient (Wildman–Crippen LogP) is 4.06. The number of para-hydroxylation sites is 1. The number of piperidine rings is 1. The van der Waals surface area contributed by atoms with E-state index in [1.807, 2.05) is 0 Å². The van der Waals surface area contributed by atoms with Gasteiger partial charge in [0.15, 0.2) is 0 Å². The number of hydrogen-bond donors (Lipinski definition) is 1. The lowest BCUT2D eigenvalue weighted by Crippen LogP contribution is -2.41. The Morgan fingerprint density at radius 3 is 2.43 bits per heavy atom. The van der Waals surface area contributed by atoms with Gasteiger partial charge >= 0.3 is 0 Å². The van der Waals surface area contributed by atoms with Crippen LogP contribution in [0.4, 0.5) is 14.5 Å². The van der Waals surface area contributed by atoms with Gasteiger partial charge in [0.25, 0.3) is 0 Å². The van der Waals surface area contributed by atoms with E-state index in [4.69, 9.17) is 16.3 Å². The fraction of sp³-hybridized carbons (Fsp3) is 0.350. The van der Waals surface area contributed by atoms with Crippen LogP contribution in [0.25, 0.3) is 0 Å². The Labute approximate surface area is 178 Å². The summed E-state index contributed by atoms with van der Waals surface area (Å²) < 4.78 is 60.3. The van der Waals surface area contributed by atoms with Crippen LogP contribution in [0.2, 0.25) is 5.02 Å². The van der Waals surface area contributed by atoms with E-state index in [1.165, 1.54) is 22.5 Å². The lowest BCUT2D eigenvalue weighted by Gasteiger charge is -2.31. The average molecular weight is 459 g/mol. The van der Waals surface area contributed by atoms with Gasteiger partial charge < -0.3 is 10.1 Å². The molecular weight excluding hydrogens is 438 g/mol. The van der Waals surface area contributed by atoms with Crippen LogP contribution < -0.4 is 10.1 Å². The van der Waals surface area contributed by atoms with E-state index in [0.717, 1.165) is 12.1 Å². The SMILES string of the molecule is CCOc1ccc(Cl)cc1S(=O)(=O)N1CCC(C(=O)Nc2c(F)cccc2F)CC1. The first kappa shape index (κ1) is 22.5. The summed E-state index contributed by atoms with van der Waals surface area (Å²) in [5.74, 6) is -2.65. The molecule has 3 rings (SSSR count). The van der Waals surface area contributed by atoms with Gasteiger partial charge in [-0.3, -0.25) is 4.79 Å². The number of ether oxygens (including phenoxy) is 1.